The van der Waals surface area contributed by atoms with Gasteiger partial charge in [-0.1, -0.05) is 0 Å². The van der Waals surface area contributed by atoms with Crippen molar-refractivity contribution in [1.82, 2.24) is 0 Å². The number of sulfonamides is 2. The van der Waals surface area contributed by atoms with Crippen LogP contribution in [0.15, 0.2) is 18.2 Å². The summed E-state index contributed by atoms with van der Waals surface area (Å²) in [6.07, 6.45) is 0.799. The Labute approximate surface area is 114 Å². The summed E-state index contributed by atoms with van der Waals surface area (Å²) in [5.41, 5.74) is -0.623. The van der Waals surface area contributed by atoms with E-state index in [1.165, 1.54) is 0 Å². The van der Waals surface area contributed by atoms with Crippen molar-refractivity contribution in [1.29, 1.82) is 0 Å². The molecule has 20 heavy (non-hydrogen) atoms. The summed E-state index contributed by atoms with van der Waals surface area (Å²) >= 11 is 0. The number of carboxylic acids is 1. The fourth-order valence-electron chi connectivity index (χ4n) is 1.24. The largest absolute Gasteiger partial charge is 0.480 e. The minimum Gasteiger partial charge on any atom is -0.480 e. The Hall–Kier alpha value is -1.88. The average molecular weight is 326 g/mol. The molecule has 0 aliphatic carbocycles. The van der Waals surface area contributed by atoms with Gasteiger partial charge in [-0.2, -0.15) is 0 Å². The van der Waals surface area contributed by atoms with Crippen molar-refractivity contribution in [2.75, 3.05) is 21.5 Å². The van der Waals surface area contributed by atoms with Crippen LogP contribution in [0.4, 0.5) is 15.8 Å². The Morgan fingerprint density at radius 2 is 1.85 bits per heavy atom. The molecule has 0 radical (unpaired) electrons. The molecular formula is C9H11FN2O6S2. The monoisotopic (exact) mass is 326 g/mol. The van der Waals surface area contributed by atoms with Crippen LogP contribution in [-0.2, 0) is 24.8 Å². The predicted molar refractivity (Wildman–Crippen MR) is 69.9 cm³/mol. The third kappa shape index (κ3) is 5.40. The second-order valence-corrected chi connectivity index (χ2v) is 7.29. The van der Waals surface area contributed by atoms with Gasteiger partial charge in [-0.3, -0.25) is 14.2 Å². The highest BCUT2D eigenvalue weighted by Crippen LogP contribution is 2.21. The van der Waals surface area contributed by atoms with Gasteiger partial charge in [0.1, 0.15) is 5.82 Å². The Morgan fingerprint density at radius 1 is 1.25 bits per heavy atom. The Morgan fingerprint density at radius 3 is 2.35 bits per heavy atom. The van der Waals surface area contributed by atoms with Crippen molar-refractivity contribution in [3.05, 3.63) is 24.0 Å². The van der Waals surface area contributed by atoms with Crippen LogP contribution in [0, 0.1) is 5.82 Å². The smallest absolute Gasteiger partial charge is 0.320 e. The molecular weight excluding hydrogens is 315 g/mol. The molecule has 11 heteroatoms. The minimum absolute atomic E-state index is 0.168. The van der Waals surface area contributed by atoms with Crippen molar-refractivity contribution >= 4 is 37.4 Å². The van der Waals surface area contributed by atoms with E-state index in [-0.39, 0.29) is 5.69 Å². The number of halogens is 1. The maximum atomic E-state index is 13.3. The number of rotatable bonds is 6. The third-order valence-corrected chi connectivity index (χ3v) is 3.61. The zero-order valence-corrected chi connectivity index (χ0v) is 11.8. The Kier molecular flexibility index (Phi) is 4.55. The van der Waals surface area contributed by atoms with Gasteiger partial charge >= 0.3 is 5.97 Å². The molecule has 0 saturated heterocycles. The number of carboxylic acid groups (broad SMARTS) is 1. The van der Waals surface area contributed by atoms with Crippen LogP contribution in [0.2, 0.25) is 0 Å². The minimum atomic E-state index is -4.16. The van der Waals surface area contributed by atoms with Crippen molar-refractivity contribution in [2.24, 2.45) is 0 Å². The molecule has 0 unspecified atom stereocenters. The molecule has 1 aromatic rings. The van der Waals surface area contributed by atoms with Gasteiger partial charge < -0.3 is 5.11 Å². The Balaban J connectivity index is 3.05. The third-order valence-electron chi connectivity index (χ3n) is 1.85. The van der Waals surface area contributed by atoms with Crippen molar-refractivity contribution < 1.29 is 31.1 Å². The summed E-state index contributed by atoms with van der Waals surface area (Å²) in [7, 11) is -7.90. The molecule has 0 heterocycles. The highest BCUT2D eigenvalue weighted by Gasteiger charge is 2.17. The molecule has 1 aromatic carbocycles. The van der Waals surface area contributed by atoms with E-state index in [0.29, 0.717) is 0 Å². The first-order chi connectivity index (χ1) is 8.98. The SMILES string of the molecule is CS(=O)(=O)Nc1cc(NS(=O)(=O)CC(=O)O)ccc1F. The van der Waals surface area contributed by atoms with Crippen molar-refractivity contribution in [3.63, 3.8) is 0 Å². The van der Waals surface area contributed by atoms with Gasteiger partial charge in [0, 0.05) is 0 Å². The van der Waals surface area contributed by atoms with Crippen molar-refractivity contribution in [2.45, 2.75) is 0 Å². The van der Waals surface area contributed by atoms with E-state index in [2.05, 4.69) is 0 Å². The Bertz CT molecular complexity index is 729. The second-order valence-electron chi connectivity index (χ2n) is 3.82. The number of aliphatic carboxylic acids is 1. The number of hydrogen-bond acceptors (Lipinski definition) is 5. The van der Waals surface area contributed by atoms with Crippen molar-refractivity contribution in [3.8, 4) is 0 Å². The van der Waals surface area contributed by atoms with Gasteiger partial charge in [0.05, 0.1) is 17.6 Å². The molecule has 3 N–H and O–H groups in total. The van der Waals surface area contributed by atoms with Gasteiger partial charge in [0.15, 0.2) is 5.75 Å². The van der Waals surface area contributed by atoms with Crippen LogP contribution in [0.25, 0.3) is 0 Å². The maximum Gasteiger partial charge on any atom is 0.320 e. The average Bonchev–Trinajstić information content (AvgIpc) is 2.18. The molecule has 0 aliphatic heterocycles. The van der Waals surface area contributed by atoms with Crippen LogP contribution in [0.1, 0.15) is 0 Å². The van der Waals surface area contributed by atoms with Crippen LogP contribution in [0.3, 0.4) is 0 Å². The summed E-state index contributed by atoms with van der Waals surface area (Å²) in [6.45, 7) is 0. The summed E-state index contributed by atoms with van der Waals surface area (Å²) in [5.74, 6) is -3.63. The lowest BCUT2D eigenvalue weighted by atomic mass is 10.3. The molecule has 112 valence electrons. The molecule has 8 nitrogen and oxygen atoms in total. The van der Waals surface area contributed by atoms with E-state index in [1.54, 1.807) is 0 Å². The number of hydrogen-bond donors (Lipinski definition) is 3. The van der Waals surface area contributed by atoms with E-state index < -0.39 is 43.3 Å². The molecule has 0 spiro atoms. The van der Waals surface area contributed by atoms with E-state index in [9.17, 15) is 26.0 Å². The molecule has 1 rings (SSSR count). The molecule has 0 bridgehead atoms. The highest BCUT2D eigenvalue weighted by atomic mass is 32.2. The van der Waals surface area contributed by atoms with Gasteiger partial charge in [-0.15, -0.1) is 0 Å². The molecule has 0 amide bonds. The first-order valence-electron chi connectivity index (χ1n) is 4.98. The maximum absolute atomic E-state index is 13.3. The fourth-order valence-corrected chi connectivity index (χ4v) is 2.68. The van der Waals surface area contributed by atoms with Gasteiger partial charge in [-0.25, -0.2) is 21.2 Å². The molecule has 0 atom stereocenters. The van der Waals surface area contributed by atoms with Crippen LogP contribution in [0.5, 0.6) is 0 Å². The van der Waals surface area contributed by atoms with Crippen LogP contribution >= 0.6 is 0 Å². The lowest BCUT2D eigenvalue weighted by Gasteiger charge is -2.09. The first kappa shape index (κ1) is 16.2. The van der Waals surface area contributed by atoms with E-state index in [1.807, 2.05) is 9.44 Å². The zero-order valence-electron chi connectivity index (χ0n) is 10.1. The van der Waals surface area contributed by atoms with E-state index in [0.717, 1.165) is 24.5 Å². The first-order valence-corrected chi connectivity index (χ1v) is 8.52. The lowest BCUT2D eigenvalue weighted by Crippen LogP contribution is -2.22. The predicted octanol–water partition coefficient (Wildman–Crippen LogP) is 0.0235. The number of nitrogens with one attached hydrogen (secondary N) is 2. The summed E-state index contributed by atoms with van der Waals surface area (Å²) in [4.78, 5) is 10.3. The zero-order chi connectivity index (χ0) is 15.6. The topological polar surface area (TPSA) is 130 Å². The quantitative estimate of drug-likeness (QED) is 0.676. The van der Waals surface area contributed by atoms with E-state index >= 15 is 0 Å². The summed E-state index contributed by atoms with van der Waals surface area (Å²) in [5, 5.41) is 8.41. The number of benzene rings is 1. The molecule has 0 aromatic heterocycles. The number of anilines is 2. The van der Waals surface area contributed by atoms with Gasteiger partial charge in [0.25, 0.3) is 0 Å². The van der Waals surface area contributed by atoms with Crippen LogP contribution in [-0.4, -0.2) is 39.9 Å². The lowest BCUT2D eigenvalue weighted by molar-refractivity contribution is -0.134. The summed E-state index contributed by atoms with van der Waals surface area (Å²) < 4.78 is 61.8. The summed E-state index contributed by atoms with van der Waals surface area (Å²) in [6, 6.07) is 2.77. The van der Waals surface area contributed by atoms with Gasteiger partial charge in [-0.05, 0) is 18.2 Å². The van der Waals surface area contributed by atoms with Gasteiger partial charge in [0.2, 0.25) is 20.0 Å². The van der Waals surface area contributed by atoms with E-state index in [4.69, 9.17) is 5.11 Å². The normalized spacial score (nSPS) is 11.9. The standard InChI is InChI=1S/C9H11FN2O6S2/c1-19(15,16)12-8-4-6(2-3-7(8)10)11-20(17,18)5-9(13)14/h2-4,11-12H,5H2,1H3,(H,13,14). The second kappa shape index (κ2) is 5.63. The molecule has 0 fully saturated rings. The highest BCUT2D eigenvalue weighted by molar-refractivity contribution is 7.93. The number of carbonyl (C=O) groups is 1. The van der Waals surface area contributed by atoms with Crippen LogP contribution < -0.4 is 9.44 Å². The molecule has 0 aliphatic rings. The fraction of sp³-hybridized carbons (Fsp3) is 0.222. The molecule has 0 saturated carbocycles.